The fourth-order valence-electron chi connectivity index (χ4n) is 5.01. The lowest BCUT2D eigenvalue weighted by Gasteiger charge is -2.30. The van der Waals surface area contributed by atoms with E-state index in [4.69, 9.17) is 9.47 Å². The number of benzene rings is 2. The van der Waals surface area contributed by atoms with Gasteiger partial charge < -0.3 is 25.2 Å². The summed E-state index contributed by atoms with van der Waals surface area (Å²) in [5.74, 6) is -2.12. The number of carboxylic acid groups (broad SMARTS) is 1. The van der Waals surface area contributed by atoms with Crippen molar-refractivity contribution in [3.05, 3.63) is 59.7 Å². The number of amides is 2. The Kier molecular flexibility index (Phi) is 7.47. The number of rotatable bonds is 8. The van der Waals surface area contributed by atoms with Gasteiger partial charge in [0.05, 0.1) is 12.5 Å². The minimum absolute atomic E-state index is 0.0551. The van der Waals surface area contributed by atoms with Crippen LogP contribution < -0.4 is 10.6 Å². The molecule has 0 saturated heterocycles. The number of hydrogen-bond acceptors (Lipinski definition) is 5. The van der Waals surface area contributed by atoms with E-state index in [1.807, 2.05) is 36.4 Å². The van der Waals surface area contributed by atoms with Gasteiger partial charge in [0.1, 0.15) is 12.6 Å². The van der Waals surface area contributed by atoms with Gasteiger partial charge in [-0.3, -0.25) is 9.59 Å². The molecule has 0 aliphatic heterocycles. The first kappa shape index (κ1) is 23.8. The molecule has 2 aliphatic rings. The fraction of sp³-hybridized carbons (Fsp3) is 0.423. The average molecular weight is 467 g/mol. The Labute approximate surface area is 198 Å². The number of aliphatic carboxylic acids is 1. The van der Waals surface area contributed by atoms with Gasteiger partial charge in [-0.25, -0.2) is 4.79 Å². The third-order valence-corrected chi connectivity index (χ3v) is 6.70. The summed E-state index contributed by atoms with van der Waals surface area (Å²) >= 11 is 0. The second-order valence-corrected chi connectivity index (χ2v) is 8.82. The second kappa shape index (κ2) is 10.7. The van der Waals surface area contributed by atoms with Crippen molar-refractivity contribution in [2.45, 2.75) is 43.7 Å². The highest BCUT2D eigenvalue weighted by Crippen LogP contribution is 2.44. The minimum atomic E-state index is -0.989. The number of carbonyl (C=O) groups is 3. The molecule has 2 aliphatic carbocycles. The highest BCUT2D eigenvalue weighted by Gasteiger charge is 2.34. The summed E-state index contributed by atoms with van der Waals surface area (Å²) in [7, 11) is 1.43. The highest BCUT2D eigenvalue weighted by molar-refractivity contribution is 5.86. The molecule has 4 rings (SSSR count). The van der Waals surface area contributed by atoms with Crippen LogP contribution >= 0.6 is 0 Å². The number of ether oxygens (including phenoxy) is 2. The standard InChI is InChI=1S/C26H30N2O6/c1-33-15-23(24(29)27-22-13-7-6-12-20(22)25(30)31)28-26(32)34-14-21-18-10-4-2-8-16(18)17-9-3-5-11-19(17)21/h2-5,8-11,20-23H,6-7,12-15H2,1H3,(H,27,29)(H,28,32)(H,30,31)/t20-,22+,23?/m0/s1. The van der Waals surface area contributed by atoms with Gasteiger partial charge in [0, 0.05) is 19.1 Å². The van der Waals surface area contributed by atoms with Gasteiger partial charge in [-0.15, -0.1) is 0 Å². The zero-order chi connectivity index (χ0) is 24.1. The highest BCUT2D eigenvalue weighted by atomic mass is 16.5. The average Bonchev–Trinajstić information content (AvgIpc) is 3.16. The Morgan fingerprint density at radius 2 is 1.62 bits per heavy atom. The molecule has 1 saturated carbocycles. The zero-order valence-corrected chi connectivity index (χ0v) is 19.2. The Morgan fingerprint density at radius 3 is 2.24 bits per heavy atom. The number of alkyl carbamates (subject to hydrolysis) is 1. The van der Waals surface area contributed by atoms with E-state index in [0.29, 0.717) is 12.8 Å². The van der Waals surface area contributed by atoms with Gasteiger partial charge in [-0.05, 0) is 35.1 Å². The van der Waals surface area contributed by atoms with Gasteiger partial charge in [-0.1, -0.05) is 61.4 Å². The molecule has 0 spiro atoms. The van der Waals surface area contributed by atoms with Crippen LogP contribution in [0.2, 0.25) is 0 Å². The quantitative estimate of drug-likeness (QED) is 0.550. The fourth-order valence-corrected chi connectivity index (χ4v) is 5.01. The van der Waals surface area contributed by atoms with E-state index in [1.54, 1.807) is 0 Å². The van der Waals surface area contributed by atoms with Crippen molar-refractivity contribution in [2.24, 2.45) is 5.92 Å². The molecule has 8 nitrogen and oxygen atoms in total. The van der Waals surface area contributed by atoms with Gasteiger partial charge in [0.2, 0.25) is 5.91 Å². The molecule has 2 amide bonds. The second-order valence-electron chi connectivity index (χ2n) is 8.82. The lowest BCUT2D eigenvalue weighted by Crippen LogP contribution is -2.54. The number of nitrogens with one attached hydrogen (secondary N) is 2. The number of hydrogen-bond donors (Lipinski definition) is 3. The predicted octanol–water partition coefficient (Wildman–Crippen LogP) is 3.30. The Morgan fingerprint density at radius 1 is 1.00 bits per heavy atom. The van der Waals surface area contributed by atoms with E-state index < -0.39 is 36.0 Å². The van der Waals surface area contributed by atoms with Crippen LogP contribution in [0.1, 0.15) is 42.7 Å². The largest absolute Gasteiger partial charge is 0.481 e. The van der Waals surface area contributed by atoms with E-state index in [9.17, 15) is 19.5 Å². The summed E-state index contributed by atoms with van der Waals surface area (Å²) in [5, 5.41) is 14.8. The molecule has 34 heavy (non-hydrogen) atoms. The predicted molar refractivity (Wildman–Crippen MR) is 125 cm³/mol. The van der Waals surface area contributed by atoms with Crippen molar-refractivity contribution >= 4 is 18.0 Å². The lowest BCUT2D eigenvalue weighted by molar-refractivity contribution is -0.144. The number of carbonyl (C=O) groups excluding carboxylic acids is 2. The lowest BCUT2D eigenvalue weighted by atomic mass is 9.84. The van der Waals surface area contributed by atoms with Crippen LogP contribution in [0.5, 0.6) is 0 Å². The first-order chi connectivity index (χ1) is 16.5. The molecule has 0 heterocycles. The van der Waals surface area contributed by atoms with Crippen molar-refractivity contribution in [3.8, 4) is 11.1 Å². The van der Waals surface area contributed by atoms with Crippen molar-refractivity contribution in [1.29, 1.82) is 0 Å². The SMILES string of the molecule is COCC(NC(=O)OCC1c2ccccc2-c2ccccc21)C(=O)N[C@@H]1CCCC[C@@H]1C(=O)O. The molecule has 0 bridgehead atoms. The molecule has 8 heteroatoms. The molecule has 3 N–H and O–H groups in total. The summed E-state index contributed by atoms with van der Waals surface area (Å²) < 4.78 is 10.6. The Hall–Kier alpha value is -3.39. The van der Waals surface area contributed by atoms with Crippen LogP contribution in [0, 0.1) is 5.92 Å². The van der Waals surface area contributed by atoms with Crippen LogP contribution in [-0.2, 0) is 19.1 Å². The number of fused-ring (bicyclic) bond motifs is 3. The van der Waals surface area contributed by atoms with Crippen molar-refractivity contribution in [3.63, 3.8) is 0 Å². The van der Waals surface area contributed by atoms with Crippen LogP contribution in [-0.4, -0.2) is 55.5 Å². The van der Waals surface area contributed by atoms with Crippen molar-refractivity contribution in [2.75, 3.05) is 20.3 Å². The molecule has 1 fully saturated rings. The van der Waals surface area contributed by atoms with Crippen molar-refractivity contribution < 1.29 is 29.0 Å². The Bertz CT molecular complexity index is 1010. The summed E-state index contributed by atoms with van der Waals surface area (Å²) in [5.41, 5.74) is 4.45. The van der Waals surface area contributed by atoms with Crippen LogP contribution in [0.4, 0.5) is 4.79 Å². The van der Waals surface area contributed by atoms with Crippen LogP contribution in [0.3, 0.4) is 0 Å². The molecule has 1 unspecified atom stereocenters. The summed E-state index contributed by atoms with van der Waals surface area (Å²) in [6.07, 6.45) is 2.06. The van der Waals surface area contributed by atoms with E-state index in [0.717, 1.165) is 35.1 Å². The smallest absolute Gasteiger partial charge is 0.407 e. The van der Waals surface area contributed by atoms with Crippen molar-refractivity contribution in [1.82, 2.24) is 10.6 Å². The normalized spacial score (nSPS) is 20.0. The molecular weight excluding hydrogens is 436 g/mol. The monoisotopic (exact) mass is 466 g/mol. The zero-order valence-electron chi connectivity index (χ0n) is 19.2. The molecule has 2 aromatic rings. The van der Waals surface area contributed by atoms with Crippen LogP contribution in [0.15, 0.2) is 48.5 Å². The van der Waals surface area contributed by atoms with Crippen LogP contribution in [0.25, 0.3) is 11.1 Å². The molecule has 3 atom stereocenters. The number of methoxy groups -OCH3 is 1. The maximum atomic E-state index is 12.8. The van der Waals surface area contributed by atoms with E-state index in [2.05, 4.69) is 22.8 Å². The van der Waals surface area contributed by atoms with Gasteiger partial charge in [0.25, 0.3) is 0 Å². The van der Waals surface area contributed by atoms with Gasteiger partial charge in [0.15, 0.2) is 0 Å². The molecule has 2 aromatic carbocycles. The minimum Gasteiger partial charge on any atom is -0.481 e. The van der Waals surface area contributed by atoms with E-state index >= 15 is 0 Å². The molecule has 0 radical (unpaired) electrons. The molecular formula is C26H30N2O6. The third kappa shape index (κ3) is 5.07. The van der Waals surface area contributed by atoms with Gasteiger partial charge >= 0.3 is 12.1 Å². The first-order valence-corrected chi connectivity index (χ1v) is 11.6. The summed E-state index contributed by atoms with van der Waals surface area (Å²) in [4.78, 5) is 37.0. The summed E-state index contributed by atoms with van der Waals surface area (Å²) in [6.45, 7) is 0.0748. The molecule has 180 valence electrons. The van der Waals surface area contributed by atoms with Gasteiger partial charge in [-0.2, -0.15) is 0 Å². The topological polar surface area (TPSA) is 114 Å². The molecule has 0 aromatic heterocycles. The Balaban J connectivity index is 1.38. The summed E-state index contributed by atoms with van der Waals surface area (Å²) in [6, 6.07) is 14.6. The number of carboxylic acids is 1. The van der Waals surface area contributed by atoms with E-state index in [1.165, 1.54) is 7.11 Å². The first-order valence-electron chi connectivity index (χ1n) is 11.6. The maximum absolute atomic E-state index is 12.8. The third-order valence-electron chi connectivity index (χ3n) is 6.70. The van der Waals surface area contributed by atoms with E-state index in [-0.39, 0.29) is 19.1 Å². The maximum Gasteiger partial charge on any atom is 0.407 e.